The van der Waals surface area contributed by atoms with Gasteiger partial charge in [-0.3, -0.25) is 4.99 Å². The summed E-state index contributed by atoms with van der Waals surface area (Å²) in [6.45, 7) is 5.07. The Bertz CT molecular complexity index is 1170. The van der Waals surface area contributed by atoms with Crippen LogP contribution in [-0.4, -0.2) is 17.2 Å². The van der Waals surface area contributed by atoms with Crippen LogP contribution in [0.4, 0.5) is 0 Å². The molecular weight excluding hydrogens is 400 g/mol. The maximum absolute atomic E-state index is 6.16. The van der Waals surface area contributed by atoms with Crippen molar-refractivity contribution in [2.45, 2.75) is 39.5 Å². The summed E-state index contributed by atoms with van der Waals surface area (Å²) >= 11 is 6.16. The first kappa shape index (κ1) is 21.4. The van der Waals surface area contributed by atoms with Gasteiger partial charge in [0.15, 0.2) is 0 Å². The number of rotatable bonds is 7. The second-order valence-electron chi connectivity index (χ2n) is 8.12. The van der Waals surface area contributed by atoms with Crippen LogP contribution in [0.1, 0.15) is 43.4 Å². The van der Waals surface area contributed by atoms with Crippen molar-refractivity contribution in [1.29, 1.82) is 0 Å². The van der Waals surface area contributed by atoms with E-state index in [0.29, 0.717) is 0 Å². The van der Waals surface area contributed by atoms with Crippen LogP contribution in [0.25, 0.3) is 10.9 Å². The average molecular weight is 429 g/mol. The van der Waals surface area contributed by atoms with Crippen molar-refractivity contribution in [3.8, 4) is 0 Å². The van der Waals surface area contributed by atoms with Gasteiger partial charge in [0, 0.05) is 34.4 Å². The average Bonchev–Trinajstić information content (AvgIpc) is 3.03. The van der Waals surface area contributed by atoms with Crippen molar-refractivity contribution in [1.82, 2.24) is 4.98 Å². The zero-order valence-corrected chi connectivity index (χ0v) is 19.0. The molecule has 0 saturated heterocycles. The highest BCUT2D eigenvalue weighted by Crippen LogP contribution is 2.23. The van der Waals surface area contributed by atoms with Crippen molar-refractivity contribution < 1.29 is 0 Å². The fraction of sp³-hybridized carbons (Fsp3) is 0.250. The molecule has 0 atom stereocenters. The summed E-state index contributed by atoms with van der Waals surface area (Å²) < 4.78 is 0. The van der Waals surface area contributed by atoms with Crippen molar-refractivity contribution >= 4 is 28.2 Å². The Labute approximate surface area is 190 Å². The number of nitrogens with zero attached hydrogens (tertiary/aromatic N) is 1. The standard InChI is InChI=1S/C28H29ClN2/c1-3-21-5-4-6-22(8-7-21)17-23-9-11-24(12-10-23)20(2)30-16-15-25-19-31-28-14-13-26(29)18-27(25)28/h4-6,8-14,18-19,31H,3,7,15-17H2,1-2H3. The lowest BCUT2D eigenvalue weighted by Crippen LogP contribution is -1.99. The summed E-state index contributed by atoms with van der Waals surface area (Å²) in [7, 11) is 0. The predicted molar refractivity (Wildman–Crippen MR) is 134 cm³/mol. The first-order valence-corrected chi connectivity index (χ1v) is 11.4. The lowest BCUT2D eigenvalue weighted by molar-refractivity contribution is 0.974. The van der Waals surface area contributed by atoms with Crippen LogP contribution >= 0.6 is 11.6 Å². The van der Waals surface area contributed by atoms with E-state index in [1.165, 1.54) is 33.2 Å². The lowest BCUT2D eigenvalue weighted by Gasteiger charge is -2.06. The molecule has 0 aliphatic heterocycles. The van der Waals surface area contributed by atoms with Crippen LogP contribution in [0.5, 0.6) is 0 Å². The quantitative estimate of drug-likeness (QED) is 0.374. The molecule has 0 radical (unpaired) electrons. The van der Waals surface area contributed by atoms with Crippen LogP contribution < -0.4 is 0 Å². The Kier molecular flexibility index (Phi) is 6.89. The smallest absolute Gasteiger partial charge is 0.0457 e. The third kappa shape index (κ3) is 5.45. The number of aliphatic imine (C=N–C) groups is 1. The van der Waals surface area contributed by atoms with Crippen LogP contribution in [0.15, 0.2) is 89.1 Å². The van der Waals surface area contributed by atoms with E-state index < -0.39 is 0 Å². The van der Waals surface area contributed by atoms with Crippen LogP contribution in [-0.2, 0) is 12.8 Å². The predicted octanol–water partition coefficient (Wildman–Crippen LogP) is 7.64. The van der Waals surface area contributed by atoms with Crippen LogP contribution in [0.3, 0.4) is 0 Å². The molecule has 1 N–H and O–H groups in total. The molecule has 0 saturated carbocycles. The number of hydrogen-bond donors (Lipinski definition) is 1. The van der Waals surface area contributed by atoms with Gasteiger partial charge in [0.25, 0.3) is 0 Å². The summed E-state index contributed by atoms with van der Waals surface area (Å²) in [6, 6.07) is 14.8. The number of allylic oxidation sites excluding steroid dienone is 6. The first-order chi connectivity index (χ1) is 15.1. The van der Waals surface area contributed by atoms with Gasteiger partial charge in [-0.25, -0.2) is 0 Å². The SMILES string of the molecule is CCC1=CC=CC(Cc2ccc(C(C)=NCCc3c[nH]c4ccc(Cl)cc34)cc2)=CC1. The van der Waals surface area contributed by atoms with E-state index in [1.54, 1.807) is 0 Å². The van der Waals surface area contributed by atoms with Crippen molar-refractivity contribution in [3.05, 3.63) is 106 Å². The van der Waals surface area contributed by atoms with E-state index in [-0.39, 0.29) is 0 Å². The van der Waals surface area contributed by atoms with E-state index in [4.69, 9.17) is 16.6 Å². The van der Waals surface area contributed by atoms with E-state index >= 15 is 0 Å². The molecule has 0 amide bonds. The van der Waals surface area contributed by atoms with Gasteiger partial charge in [-0.15, -0.1) is 0 Å². The van der Waals surface area contributed by atoms with E-state index in [0.717, 1.165) is 48.5 Å². The summed E-state index contributed by atoms with van der Waals surface area (Å²) in [5.41, 5.74) is 8.86. The van der Waals surface area contributed by atoms with Crippen molar-refractivity contribution in [2.24, 2.45) is 4.99 Å². The molecule has 2 aromatic carbocycles. The van der Waals surface area contributed by atoms with Gasteiger partial charge in [0.1, 0.15) is 0 Å². The van der Waals surface area contributed by atoms with E-state index in [2.05, 4.69) is 73.6 Å². The van der Waals surface area contributed by atoms with Gasteiger partial charge in [-0.05, 0) is 73.1 Å². The van der Waals surface area contributed by atoms with E-state index in [1.807, 2.05) is 18.2 Å². The minimum atomic E-state index is 0.761. The van der Waals surface area contributed by atoms with Gasteiger partial charge < -0.3 is 4.98 Å². The molecule has 0 fully saturated rings. The van der Waals surface area contributed by atoms with Gasteiger partial charge in [0.05, 0.1) is 0 Å². The molecule has 4 rings (SSSR count). The minimum Gasteiger partial charge on any atom is -0.361 e. The minimum absolute atomic E-state index is 0.761. The topological polar surface area (TPSA) is 28.1 Å². The highest BCUT2D eigenvalue weighted by molar-refractivity contribution is 6.31. The molecule has 1 aliphatic rings. The highest BCUT2D eigenvalue weighted by Gasteiger charge is 2.05. The molecule has 3 heteroatoms. The summed E-state index contributed by atoms with van der Waals surface area (Å²) in [4.78, 5) is 8.13. The number of aromatic amines is 1. The third-order valence-electron chi connectivity index (χ3n) is 5.96. The number of aromatic nitrogens is 1. The largest absolute Gasteiger partial charge is 0.361 e. The number of benzene rings is 2. The zero-order chi connectivity index (χ0) is 21.6. The molecule has 3 aromatic rings. The fourth-order valence-electron chi connectivity index (χ4n) is 3.99. The molecule has 31 heavy (non-hydrogen) atoms. The van der Waals surface area contributed by atoms with Crippen molar-refractivity contribution in [2.75, 3.05) is 6.54 Å². The number of halogens is 1. The van der Waals surface area contributed by atoms with Crippen LogP contribution in [0.2, 0.25) is 5.02 Å². The zero-order valence-electron chi connectivity index (χ0n) is 18.3. The molecular formula is C28H29ClN2. The molecule has 0 unspecified atom stereocenters. The Balaban J connectivity index is 1.36. The first-order valence-electron chi connectivity index (χ1n) is 11.0. The second kappa shape index (κ2) is 9.98. The maximum atomic E-state index is 6.16. The molecule has 0 bridgehead atoms. The Morgan fingerprint density at radius 2 is 1.97 bits per heavy atom. The highest BCUT2D eigenvalue weighted by atomic mass is 35.5. The van der Waals surface area contributed by atoms with Gasteiger partial charge >= 0.3 is 0 Å². The van der Waals surface area contributed by atoms with Gasteiger partial charge in [-0.2, -0.15) is 0 Å². The molecule has 2 nitrogen and oxygen atoms in total. The van der Waals surface area contributed by atoms with Gasteiger partial charge in [0.2, 0.25) is 0 Å². The maximum Gasteiger partial charge on any atom is 0.0457 e. The number of H-pyrrole nitrogens is 1. The normalized spacial score (nSPS) is 14.5. The monoisotopic (exact) mass is 428 g/mol. The third-order valence-corrected chi connectivity index (χ3v) is 6.20. The number of hydrogen-bond acceptors (Lipinski definition) is 1. The Hall–Kier alpha value is -2.84. The fourth-order valence-corrected chi connectivity index (χ4v) is 4.16. The molecule has 1 heterocycles. The summed E-state index contributed by atoms with van der Waals surface area (Å²) in [5.74, 6) is 0. The molecule has 158 valence electrons. The summed E-state index contributed by atoms with van der Waals surface area (Å²) in [6.07, 6.45) is 15.1. The van der Waals surface area contributed by atoms with Gasteiger partial charge in [-0.1, -0.05) is 72.7 Å². The number of fused-ring (bicyclic) bond motifs is 1. The van der Waals surface area contributed by atoms with Crippen LogP contribution in [0, 0.1) is 0 Å². The number of nitrogens with one attached hydrogen (secondary N) is 1. The second-order valence-corrected chi connectivity index (χ2v) is 8.55. The van der Waals surface area contributed by atoms with Crippen molar-refractivity contribution in [3.63, 3.8) is 0 Å². The van der Waals surface area contributed by atoms with E-state index in [9.17, 15) is 0 Å². The Morgan fingerprint density at radius 3 is 2.77 bits per heavy atom. The summed E-state index contributed by atoms with van der Waals surface area (Å²) in [5, 5.41) is 1.96. The molecule has 1 aromatic heterocycles. The molecule has 0 spiro atoms. The Morgan fingerprint density at radius 1 is 1.13 bits per heavy atom. The lowest BCUT2D eigenvalue weighted by atomic mass is 10.0. The molecule has 1 aliphatic carbocycles.